The monoisotopic (exact) mass is 645 g/mol. The lowest BCUT2D eigenvalue weighted by Crippen LogP contribution is -2.21. The molecule has 0 spiro atoms. The molecule has 1 aliphatic heterocycles. The highest BCUT2D eigenvalue weighted by atomic mass is 35.5. The smallest absolute Gasteiger partial charge is 0.341 e. The molecule has 0 bridgehead atoms. The number of alkyl halides is 3. The van der Waals surface area contributed by atoms with E-state index >= 15 is 0 Å². The van der Waals surface area contributed by atoms with Gasteiger partial charge in [-0.15, -0.1) is 0 Å². The largest absolute Gasteiger partial charge is 0.416 e. The normalized spacial score (nSPS) is 14.5. The molecule has 0 aliphatic carbocycles. The van der Waals surface area contributed by atoms with Gasteiger partial charge in [-0.3, -0.25) is 9.59 Å². The zero-order valence-electron chi connectivity index (χ0n) is 22.0. The molecule has 14 heteroatoms. The van der Waals surface area contributed by atoms with Crippen LogP contribution < -0.4 is 10.6 Å². The Hall–Kier alpha value is -4.80. The van der Waals surface area contributed by atoms with Gasteiger partial charge in [-0.25, -0.2) is 17.2 Å². The summed E-state index contributed by atoms with van der Waals surface area (Å²) >= 11 is 6.28. The Kier molecular flexibility index (Phi) is 7.92. The standard InChI is InChI=1S/C30H17ClF5N3O4S/c31-24-5-4-19(32)12-22(24)27-26-23(29(41)39-27)7-16(14-44(42,43)21-3-1-2-15(6-21)13-37)8-25(26)38-28(40)17-9-18(30(34,35)36)11-20(33)10-17/h1-12,27H,14H2,(H,38,40)(H,39,41). The minimum absolute atomic E-state index is 0.0160. The van der Waals surface area contributed by atoms with E-state index in [1.165, 1.54) is 36.4 Å². The third-order valence-corrected chi connectivity index (χ3v) is 8.76. The highest BCUT2D eigenvalue weighted by Crippen LogP contribution is 2.41. The summed E-state index contributed by atoms with van der Waals surface area (Å²) in [4.78, 5) is 26.1. The lowest BCUT2D eigenvalue weighted by molar-refractivity contribution is -0.137. The highest BCUT2D eigenvalue weighted by Gasteiger charge is 2.36. The number of sulfone groups is 1. The first kappa shape index (κ1) is 30.7. The average Bonchev–Trinajstić information content (AvgIpc) is 3.29. The molecule has 1 atom stereocenters. The molecule has 7 nitrogen and oxygen atoms in total. The minimum atomic E-state index is -4.97. The molecule has 1 aliphatic rings. The van der Waals surface area contributed by atoms with E-state index in [2.05, 4.69) is 10.6 Å². The fourth-order valence-corrected chi connectivity index (χ4v) is 6.38. The van der Waals surface area contributed by atoms with Gasteiger partial charge in [0.15, 0.2) is 9.84 Å². The summed E-state index contributed by atoms with van der Waals surface area (Å²) in [5.74, 6) is -4.70. The highest BCUT2D eigenvalue weighted by molar-refractivity contribution is 7.90. The van der Waals surface area contributed by atoms with Crippen LogP contribution in [-0.2, 0) is 21.8 Å². The van der Waals surface area contributed by atoms with Crippen molar-refractivity contribution in [2.75, 3.05) is 5.32 Å². The summed E-state index contributed by atoms with van der Waals surface area (Å²) in [6.07, 6.45) is -4.97. The molecule has 1 heterocycles. The van der Waals surface area contributed by atoms with Crippen molar-refractivity contribution >= 4 is 38.9 Å². The fourth-order valence-electron chi connectivity index (χ4n) is 4.79. The quantitative estimate of drug-likeness (QED) is 0.230. The SMILES string of the molecule is N#Cc1cccc(S(=O)(=O)Cc2cc(NC(=O)c3cc(F)cc(C(F)(F)F)c3)c3c(c2)C(=O)NC3c2cc(F)ccc2Cl)c1. The Morgan fingerprint density at radius 2 is 1.75 bits per heavy atom. The van der Waals surface area contributed by atoms with Gasteiger partial charge in [0.2, 0.25) is 0 Å². The number of halogens is 6. The van der Waals surface area contributed by atoms with Crippen LogP contribution in [0.1, 0.15) is 54.6 Å². The zero-order chi connectivity index (χ0) is 32.0. The summed E-state index contributed by atoms with van der Waals surface area (Å²) in [6.45, 7) is 0. The maximum absolute atomic E-state index is 14.2. The molecule has 44 heavy (non-hydrogen) atoms. The molecule has 1 unspecified atom stereocenters. The molecule has 224 valence electrons. The lowest BCUT2D eigenvalue weighted by Gasteiger charge is -2.19. The molecule has 0 aromatic heterocycles. The van der Waals surface area contributed by atoms with Crippen LogP contribution in [0, 0.1) is 23.0 Å². The molecule has 0 saturated carbocycles. The molecular weight excluding hydrogens is 629 g/mol. The lowest BCUT2D eigenvalue weighted by atomic mass is 9.94. The molecule has 0 fully saturated rings. The van der Waals surface area contributed by atoms with Gasteiger partial charge in [-0.05, 0) is 72.3 Å². The average molecular weight is 646 g/mol. The number of amides is 2. The van der Waals surface area contributed by atoms with Gasteiger partial charge in [0.25, 0.3) is 11.8 Å². The van der Waals surface area contributed by atoms with Crippen molar-refractivity contribution in [1.29, 1.82) is 5.26 Å². The van der Waals surface area contributed by atoms with Gasteiger partial charge in [-0.1, -0.05) is 17.7 Å². The zero-order valence-corrected chi connectivity index (χ0v) is 23.5. The van der Waals surface area contributed by atoms with Gasteiger partial charge < -0.3 is 10.6 Å². The number of hydrogen-bond donors (Lipinski definition) is 2. The molecule has 4 aromatic carbocycles. The number of nitriles is 1. The van der Waals surface area contributed by atoms with Gasteiger partial charge in [0.05, 0.1) is 33.9 Å². The van der Waals surface area contributed by atoms with E-state index in [4.69, 9.17) is 16.9 Å². The summed E-state index contributed by atoms with van der Waals surface area (Å²) < 4.78 is 94.7. The van der Waals surface area contributed by atoms with Crippen LogP contribution in [0.3, 0.4) is 0 Å². The van der Waals surface area contributed by atoms with Crippen LogP contribution in [0.25, 0.3) is 0 Å². The summed E-state index contributed by atoms with van der Waals surface area (Å²) in [7, 11) is -4.12. The van der Waals surface area contributed by atoms with Gasteiger partial charge >= 0.3 is 6.18 Å². The van der Waals surface area contributed by atoms with E-state index in [9.17, 15) is 40.0 Å². The van der Waals surface area contributed by atoms with Crippen LogP contribution in [0.4, 0.5) is 27.6 Å². The predicted octanol–water partition coefficient (Wildman–Crippen LogP) is 6.57. The van der Waals surface area contributed by atoms with Gasteiger partial charge in [0.1, 0.15) is 11.6 Å². The van der Waals surface area contributed by atoms with Crippen molar-refractivity contribution in [1.82, 2.24) is 5.32 Å². The third-order valence-electron chi connectivity index (χ3n) is 6.73. The first-order valence-corrected chi connectivity index (χ1v) is 14.5. The molecule has 2 amide bonds. The van der Waals surface area contributed by atoms with Crippen molar-refractivity contribution in [3.8, 4) is 6.07 Å². The van der Waals surface area contributed by atoms with Crippen molar-refractivity contribution < 1.29 is 40.0 Å². The van der Waals surface area contributed by atoms with E-state index in [1.807, 2.05) is 6.07 Å². The number of carbonyl (C=O) groups is 2. The number of nitrogens with one attached hydrogen (secondary N) is 2. The van der Waals surface area contributed by atoms with Crippen molar-refractivity contribution in [3.63, 3.8) is 0 Å². The van der Waals surface area contributed by atoms with Crippen LogP contribution in [0.15, 0.2) is 77.7 Å². The van der Waals surface area contributed by atoms with Crippen molar-refractivity contribution in [3.05, 3.63) is 128 Å². The van der Waals surface area contributed by atoms with Crippen LogP contribution in [0.2, 0.25) is 5.02 Å². The van der Waals surface area contributed by atoms with Gasteiger partial charge in [-0.2, -0.15) is 18.4 Å². The van der Waals surface area contributed by atoms with Crippen molar-refractivity contribution in [2.45, 2.75) is 22.9 Å². The van der Waals surface area contributed by atoms with E-state index in [-0.39, 0.29) is 49.5 Å². The summed E-state index contributed by atoms with van der Waals surface area (Å²) in [5.41, 5.74) is -2.31. The van der Waals surface area contributed by atoms with E-state index < -0.39 is 62.4 Å². The van der Waals surface area contributed by atoms with Crippen LogP contribution in [-0.4, -0.2) is 20.2 Å². The van der Waals surface area contributed by atoms with Crippen molar-refractivity contribution in [2.24, 2.45) is 0 Å². The first-order valence-electron chi connectivity index (χ1n) is 12.5. The number of hydrogen-bond acceptors (Lipinski definition) is 5. The predicted molar refractivity (Wildman–Crippen MR) is 149 cm³/mol. The van der Waals surface area contributed by atoms with Crippen LogP contribution in [0.5, 0.6) is 0 Å². The van der Waals surface area contributed by atoms with Gasteiger partial charge in [0, 0.05) is 33.0 Å². The number of carbonyl (C=O) groups excluding carboxylic acids is 2. The van der Waals surface area contributed by atoms with E-state index in [1.54, 1.807) is 0 Å². The first-order chi connectivity index (χ1) is 20.7. The molecular formula is C30H17ClF5N3O4S. The number of anilines is 1. The number of rotatable bonds is 6. The fraction of sp³-hybridized carbons (Fsp3) is 0.100. The van der Waals surface area contributed by atoms with E-state index in [0.29, 0.717) is 12.1 Å². The second kappa shape index (κ2) is 11.4. The summed E-state index contributed by atoms with van der Waals surface area (Å²) in [5, 5.41) is 14.1. The number of benzene rings is 4. The van der Waals surface area contributed by atoms with Crippen LogP contribution >= 0.6 is 11.6 Å². The Morgan fingerprint density at radius 1 is 1.00 bits per heavy atom. The Balaban J connectivity index is 1.64. The summed E-state index contributed by atoms with van der Waals surface area (Å²) in [6, 6.07) is 12.9. The number of nitrogens with zero attached hydrogens (tertiary/aromatic N) is 1. The Labute approximate surface area is 251 Å². The molecule has 0 radical (unpaired) electrons. The maximum atomic E-state index is 14.2. The Morgan fingerprint density at radius 3 is 2.45 bits per heavy atom. The maximum Gasteiger partial charge on any atom is 0.416 e. The van der Waals surface area contributed by atoms with E-state index in [0.717, 1.165) is 18.2 Å². The third kappa shape index (κ3) is 6.13. The molecule has 2 N–H and O–H groups in total. The number of fused-ring (bicyclic) bond motifs is 1. The molecule has 4 aromatic rings. The Bertz CT molecular complexity index is 2010. The topological polar surface area (TPSA) is 116 Å². The second-order valence-corrected chi connectivity index (χ2v) is 12.2. The molecule has 0 saturated heterocycles. The molecule has 5 rings (SSSR count). The minimum Gasteiger partial charge on any atom is -0.341 e. The second-order valence-electron chi connectivity index (χ2n) is 9.76.